The Balaban J connectivity index is 0. The summed E-state index contributed by atoms with van der Waals surface area (Å²) in [4.78, 5) is 0. The number of rotatable bonds is 4. The lowest BCUT2D eigenvalue weighted by molar-refractivity contribution is 0.420. The van der Waals surface area contributed by atoms with Crippen LogP contribution in [0.3, 0.4) is 0 Å². The second-order valence-electron chi connectivity index (χ2n) is 2.21. The van der Waals surface area contributed by atoms with E-state index in [4.69, 9.17) is 0 Å². The third-order valence-electron chi connectivity index (χ3n) is 1.42. The monoisotopic (exact) mass is 258 g/mol. The normalized spacial score (nSPS) is 12.1. The van der Waals surface area contributed by atoms with Gasteiger partial charge in [-0.3, -0.25) is 0 Å². The quantitative estimate of drug-likeness (QED) is 0.433. The van der Waals surface area contributed by atoms with Crippen LogP contribution in [0.15, 0.2) is 47.2 Å². The van der Waals surface area contributed by atoms with Crippen molar-refractivity contribution in [2.45, 2.75) is 27.2 Å². The van der Waals surface area contributed by atoms with Crippen molar-refractivity contribution in [3.63, 3.8) is 0 Å². The van der Waals surface area contributed by atoms with Crippen LogP contribution in [0.5, 0.6) is 0 Å². The van der Waals surface area contributed by atoms with Gasteiger partial charge in [0.2, 0.25) is 0 Å². The van der Waals surface area contributed by atoms with E-state index in [-0.39, 0.29) is 5.76 Å². The van der Waals surface area contributed by atoms with Crippen molar-refractivity contribution in [2.75, 3.05) is 0 Å². The van der Waals surface area contributed by atoms with E-state index >= 15 is 0 Å². The van der Waals surface area contributed by atoms with Gasteiger partial charge in [-0.1, -0.05) is 38.7 Å². The average Bonchev–Trinajstić information content (AvgIpc) is 2.26. The maximum absolute atomic E-state index is 9.55. The minimum absolute atomic E-state index is 0.229. The van der Waals surface area contributed by atoms with Gasteiger partial charge in [0, 0.05) is 0 Å². The van der Waals surface area contributed by atoms with Gasteiger partial charge in [-0.2, -0.15) is 0 Å². The molecule has 0 fully saturated rings. The molecule has 2 heteroatoms. The zero-order chi connectivity index (χ0) is 11.6. The van der Waals surface area contributed by atoms with Gasteiger partial charge in [0.15, 0.2) is 0 Å². The van der Waals surface area contributed by atoms with Crippen LogP contribution < -0.4 is 0 Å². The summed E-state index contributed by atoms with van der Waals surface area (Å²) < 4.78 is 0.609. The molecule has 0 atom stereocenters. The topological polar surface area (TPSA) is 20.2 Å². The van der Waals surface area contributed by atoms with Gasteiger partial charge in [-0.25, -0.2) is 0 Å². The predicted molar refractivity (Wildman–Crippen MR) is 68.7 cm³/mol. The molecule has 0 radical (unpaired) electrons. The van der Waals surface area contributed by atoms with Gasteiger partial charge in [0.05, 0.1) is 4.48 Å². The molecule has 0 spiro atoms. The van der Waals surface area contributed by atoms with Crippen molar-refractivity contribution >= 4 is 15.9 Å². The fourth-order valence-corrected chi connectivity index (χ4v) is 1.01. The summed E-state index contributed by atoms with van der Waals surface area (Å²) in [6, 6.07) is 0. The third kappa shape index (κ3) is 5.81. The second-order valence-corrected chi connectivity index (χ2v) is 3.06. The lowest BCUT2D eigenvalue weighted by Crippen LogP contribution is -1.88. The highest BCUT2D eigenvalue weighted by Crippen LogP contribution is 2.20. The first-order valence-electron chi connectivity index (χ1n) is 4.65. The lowest BCUT2D eigenvalue weighted by atomic mass is 10.1. The molecule has 1 N–H and O–H groups in total. The molecule has 0 aromatic carbocycles. The fourth-order valence-electron chi connectivity index (χ4n) is 0.757. The maximum Gasteiger partial charge on any atom is 0.132 e. The Morgan fingerprint density at radius 1 is 1.36 bits per heavy atom. The lowest BCUT2D eigenvalue weighted by Gasteiger charge is -2.03. The summed E-state index contributed by atoms with van der Waals surface area (Å²) in [6.07, 6.45) is 5.81. The van der Waals surface area contributed by atoms with E-state index in [0.29, 0.717) is 10.9 Å². The van der Waals surface area contributed by atoms with Gasteiger partial charge in [-0.05, 0) is 34.8 Å². The molecular formula is C12H19BrO. The van der Waals surface area contributed by atoms with Gasteiger partial charge in [0.25, 0.3) is 0 Å². The minimum Gasteiger partial charge on any atom is -0.506 e. The maximum atomic E-state index is 9.55. The Bertz CT molecular complexity index is 237. The standard InChI is InChI=1S/C10H13BrO.C2H6/c1-4-7-8(5-2)10(12)9(11)6-3;1-2/h4-6,12H,1,3,7H2,2H3;1-2H3/b8-5-,10-9-;. The van der Waals surface area contributed by atoms with Gasteiger partial charge in [0.1, 0.15) is 5.76 Å². The molecule has 0 aromatic heterocycles. The molecule has 0 bridgehead atoms. The van der Waals surface area contributed by atoms with Crippen molar-refractivity contribution < 1.29 is 5.11 Å². The van der Waals surface area contributed by atoms with Crippen LogP contribution in [0, 0.1) is 0 Å². The minimum atomic E-state index is 0.229. The van der Waals surface area contributed by atoms with Crippen LogP contribution in [0.2, 0.25) is 0 Å². The smallest absolute Gasteiger partial charge is 0.132 e. The van der Waals surface area contributed by atoms with E-state index < -0.39 is 0 Å². The zero-order valence-electron chi connectivity index (χ0n) is 9.18. The van der Waals surface area contributed by atoms with Gasteiger partial charge in [-0.15, -0.1) is 6.58 Å². The van der Waals surface area contributed by atoms with Crippen LogP contribution in [-0.2, 0) is 0 Å². The van der Waals surface area contributed by atoms with Crippen molar-refractivity contribution in [3.05, 3.63) is 47.2 Å². The molecule has 0 saturated heterocycles. The highest BCUT2D eigenvalue weighted by atomic mass is 79.9. The number of hydrogen-bond donors (Lipinski definition) is 1. The van der Waals surface area contributed by atoms with Crippen LogP contribution >= 0.6 is 15.9 Å². The molecular weight excluding hydrogens is 240 g/mol. The molecule has 0 aliphatic rings. The van der Waals surface area contributed by atoms with Crippen molar-refractivity contribution in [3.8, 4) is 0 Å². The number of hydrogen-bond acceptors (Lipinski definition) is 1. The molecule has 80 valence electrons. The summed E-state index contributed by atoms with van der Waals surface area (Å²) in [5.74, 6) is 0.229. The van der Waals surface area contributed by atoms with Gasteiger partial charge < -0.3 is 5.11 Å². The molecule has 0 unspecified atom stereocenters. The van der Waals surface area contributed by atoms with E-state index in [0.717, 1.165) is 5.57 Å². The first-order valence-corrected chi connectivity index (χ1v) is 5.44. The Morgan fingerprint density at radius 3 is 2.14 bits per heavy atom. The fraction of sp³-hybridized carbons (Fsp3) is 0.333. The van der Waals surface area contributed by atoms with Crippen LogP contribution in [0.1, 0.15) is 27.2 Å². The molecule has 0 aromatic rings. The highest BCUT2D eigenvalue weighted by Gasteiger charge is 2.03. The van der Waals surface area contributed by atoms with E-state index in [1.807, 2.05) is 26.8 Å². The van der Waals surface area contributed by atoms with E-state index in [9.17, 15) is 5.11 Å². The largest absolute Gasteiger partial charge is 0.506 e. The van der Waals surface area contributed by atoms with Crippen molar-refractivity contribution in [1.82, 2.24) is 0 Å². The van der Waals surface area contributed by atoms with Crippen LogP contribution in [0.4, 0.5) is 0 Å². The first kappa shape index (κ1) is 15.7. The predicted octanol–water partition coefficient (Wildman–Crippen LogP) is 4.89. The molecule has 0 rings (SSSR count). The number of aliphatic hydroxyl groups excluding tert-OH is 1. The SMILES string of the molecule is C=CCC(=C/C)/C(O)=C(/Br)C=C.CC. The summed E-state index contributed by atoms with van der Waals surface area (Å²) in [6.45, 7) is 13.0. The molecule has 0 saturated carbocycles. The summed E-state index contributed by atoms with van der Waals surface area (Å²) >= 11 is 3.19. The zero-order valence-corrected chi connectivity index (χ0v) is 10.8. The number of halogens is 1. The Labute approximate surface area is 95.7 Å². The summed E-state index contributed by atoms with van der Waals surface area (Å²) in [5.41, 5.74) is 0.844. The molecule has 0 aliphatic heterocycles. The van der Waals surface area contributed by atoms with E-state index in [2.05, 4.69) is 29.1 Å². The highest BCUT2D eigenvalue weighted by molar-refractivity contribution is 9.11. The average molecular weight is 259 g/mol. The molecule has 0 amide bonds. The number of aliphatic hydroxyl groups is 1. The van der Waals surface area contributed by atoms with Crippen LogP contribution in [-0.4, -0.2) is 5.11 Å². The summed E-state index contributed by atoms with van der Waals surface area (Å²) in [7, 11) is 0. The van der Waals surface area contributed by atoms with Crippen LogP contribution in [0.25, 0.3) is 0 Å². The van der Waals surface area contributed by atoms with Gasteiger partial charge >= 0.3 is 0 Å². The van der Waals surface area contributed by atoms with Crippen molar-refractivity contribution in [1.29, 1.82) is 0 Å². The molecule has 0 heterocycles. The Hall–Kier alpha value is -0.760. The Kier molecular flexibility index (Phi) is 11.6. The summed E-state index contributed by atoms with van der Waals surface area (Å²) in [5, 5.41) is 9.55. The molecule has 0 aliphatic carbocycles. The molecule has 14 heavy (non-hydrogen) atoms. The second kappa shape index (κ2) is 10.3. The number of allylic oxidation sites excluding steroid dienone is 5. The van der Waals surface area contributed by atoms with Crippen molar-refractivity contribution in [2.24, 2.45) is 0 Å². The molecule has 1 nitrogen and oxygen atoms in total. The van der Waals surface area contributed by atoms with E-state index in [1.165, 1.54) is 0 Å². The third-order valence-corrected chi connectivity index (χ3v) is 2.12. The Morgan fingerprint density at radius 2 is 1.86 bits per heavy atom. The van der Waals surface area contributed by atoms with E-state index in [1.54, 1.807) is 12.2 Å². The first-order chi connectivity index (χ1) is 6.67.